The Bertz CT molecular complexity index is 236. The Kier molecular flexibility index (Phi) is 2.73. The highest BCUT2D eigenvalue weighted by Gasteiger charge is 2.38. The van der Waals surface area contributed by atoms with Crippen LogP contribution in [0.3, 0.4) is 0 Å². The Morgan fingerprint density at radius 2 is 2.38 bits per heavy atom. The number of ether oxygens (including phenoxy) is 2. The molecule has 2 atom stereocenters. The maximum Gasteiger partial charge on any atom is 0.333 e. The van der Waals surface area contributed by atoms with Gasteiger partial charge in [0, 0.05) is 12.0 Å². The molecule has 0 aromatic carbocycles. The molecule has 4 nitrogen and oxygen atoms in total. The van der Waals surface area contributed by atoms with E-state index in [1.165, 1.54) is 0 Å². The average Bonchev–Trinajstić information content (AvgIpc) is 2.30. The fourth-order valence-electron chi connectivity index (χ4n) is 1.14. The van der Waals surface area contributed by atoms with Crippen LogP contribution in [-0.2, 0) is 14.3 Å². The molecule has 1 aliphatic heterocycles. The van der Waals surface area contributed by atoms with Crippen LogP contribution in [-0.4, -0.2) is 29.6 Å². The molecule has 1 N–H and O–H groups in total. The van der Waals surface area contributed by atoms with Crippen molar-refractivity contribution in [2.24, 2.45) is 0 Å². The summed E-state index contributed by atoms with van der Waals surface area (Å²) in [6, 6.07) is 0. The molecule has 1 rings (SSSR count). The van der Waals surface area contributed by atoms with Crippen LogP contribution >= 0.6 is 0 Å². The topological polar surface area (TPSA) is 55.8 Å². The number of carbonyl (C=O) groups is 1. The van der Waals surface area contributed by atoms with Gasteiger partial charge in [-0.25, -0.2) is 4.79 Å². The van der Waals surface area contributed by atoms with Crippen LogP contribution in [0.4, 0.5) is 0 Å². The van der Waals surface area contributed by atoms with Gasteiger partial charge in [-0.2, -0.15) is 0 Å². The predicted octanol–water partition coefficient (Wildman–Crippen LogP) is 0.603. The van der Waals surface area contributed by atoms with E-state index < -0.39 is 17.9 Å². The molecule has 0 aromatic rings. The number of esters is 1. The predicted molar refractivity (Wildman–Crippen MR) is 45.9 cm³/mol. The lowest BCUT2D eigenvalue weighted by molar-refractivity contribution is -0.152. The maximum absolute atomic E-state index is 11.2. The van der Waals surface area contributed by atoms with Crippen LogP contribution in [0.5, 0.6) is 0 Å². The lowest BCUT2D eigenvalue weighted by Gasteiger charge is -2.22. The number of aliphatic hydroxyl groups is 1. The zero-order valence-corrected chi connectivity index (χ0v) is 7.87. The zero-order chi connectivity index (χ0) is 10.1. The van der Waals surface area contributed by atoms with Crippen molar-refractivity contribution in [3.05, 3.63) is 12.2 Å². The molecule has 1 saturated heterocycles. The van der Waals surface area contributed by atoms with Gasteiger partial charge in [-0.3, -0.25) is 0 Å². The van der Waals surface area contributed by atoms with Crippen molar-refractivity contribution in [1.82, 2.24) is 0 Å². The van der Waals surface area contributed by atoms with Gasteiger partial charge in [0.2, 0.25) is 0 Å². The monoisotopic (exact) mass is 186 g/mol. The molecule has 1 aliphatic rings. The van der Waals surface area contributed by atoms with Gasteiger partial charge in [0.05, 0.1) is 6.61 Å². The van der Waals surface area contributed by atoms with Crippen LogP contribution in [0.15, 0.2) is 12.2 Å². The summed E-state index contributed by atoms with van der Waals surface area (Å²) in [7, 11) is 0. The standard InChI is InChI=1S/C9H14O4/c1-6(2)8(11)13-9(3)4-7(10)12-5-9/h7,10H,1,4-5H2,2-3H3. The van der Waals surface area contributed by atoms with Crippen molar-refractivity contribution >= 4 is 5.97 Å². The third-order valence-corrected chi connectivity index (χ3v) is 1.88. The molecular weight excluding hydrogens is 172 g/mol. The minimum Gasteiger partial charge on any atom is -0.453 e. The summed E-state index contributed by atoms with van der Waals surface area (Å²) in [5.41, 5.74) is -0.363. The Labute approximate surface area is 77.1 Å². The van der Waals surface area contributed by atoms with Gasteiger partial charge in [0.15, 0.2) is 6.29 Å². The van der Waals surface area contributed by atoms with Crippen molar-refractivity contribution in [2.75, 3.05) is 6.61 Å². The van der Waals surface area contributed by atoms with Crippen molar-refractivity contribution in [3.8, 4) is 0 Å². The summed E-state index contributed by atoms with van der Waals surface area (Å²) in [5, 5.41) is 9.08. The molecule has 0 radical (unpaired) electrons. The lowest BCUT2D eigenvalue weighted by atomic mass is 10.1. The minimum atomic E-state index is -0.831. The van der Waals surface area contributed by atoms with E-state index in [0.717, 1.165) is 0 Å². The normalized spacial score (nSPS) is 33.0. The second-order valence-electron chi connectivity index (χ2n) is 3.59. The summed E-state index contributed by atoms with van der Waals surface area (Å²) in [6.07, 6.45) is -0.519. The van der Waals surface area contributed by atoms with Crippen LogP contribution < -0.4 is 0 Å². The average molecular weight is 186 g/mol. The minimum absolute atomic E-state index is 0.229. The quantitative estimate of drug-likeness (QED) is 0.507. The number of hydrogen-bond acceptors (Lipinski definition) is 4. The van der Waals surface area contributed by atoms with Crippen LogP contribution in [0.25, 0.3) is 0 Å². The first-order valence-corrected chi connectivity index (χ1v) is 4.11. The van der Waals surface area contributed by atoms with E-state index >= 15 is 0 Å². The van der Waals surface area contributed by atoms with Gasteiger partial charge in [-0.05, 0) is 13.8 Å². The van der Waals surface area contributed by atoms with E-state index in [1.807, 2.05) is 0 Å². The van der Waals surface area contributed by atoms with E-state index in [-0.39, 0.29) is 6.61 Å². The fourth-order valence-corrected chi connectivity index (χ4v) is 1.14. The molecule has 0 spiro atoms. The smallest absolute Gasteiger partial charge is 0.333 e. The highest BCUT2D eigenvalue weighted by Crippen LogP contribution is 2.26. The van der Waals surface area contributed by atoms with Crippen molar-refractivity contribution in [1.29, 1.82) is 0 Å². The zero-order valence-electron chi connectivity index (χ0n) is 7.87. The van der Waals surface area contributed by atoms with Gasteiger partial charge in [0.1, 0.15) is 5.60 Å². The fraction of sp³-hybridized carbons (Fsp3) is 0.667. The van der Waals surface area contributed by atoms with Crippen molar-refractivity contribution in [2.45, 2.75) is 32.2 Å². The molecule has 0 bridgehead atoms. The van der Waals surface area contributed by atoms with Gasteiger partial charge in [-0.1, -0.05) is 6.58 Å². The van der Waals surface area contributed by atoms with Crippen LogP contribution in [0.2, 0.25) is 0 Å². The maximum atomic E-state index is 11.2. The Morgan fingerprint density at radius 3 is 2.77 bits per heavy atom. The molecule has 2 unspecified atom stereocenters. The van der Waals surface area contributed by atoms with Crippen molar-refractivity contribution in [3.63, 3.8) is 0 Å². The molecule has 4 heteroatoms. The molecular formula is C9H14O4. The number of carbonyl (C=O) groups excluding carboxylic acids is 1. The summed E-state index contributed by atoms with van der Waals surface area (Å²) in [4.78, 5) is 11.2. The summed E-state index contributed by atoms with van der Waals surface area (Å²) < 4.78 is 10.0. The van der Waals surface area contributed by atoms with E-state index in [0.29, 0.717) is 12.0 Å². The molecule has 1 heterocycles. The number of hydrogen-bond donors (Lipinski definition) is 1. The number of aliphatic hydroxyl groups excluding tert-OH is 1. The molecule has 0 aliphatic carbocycles. The summed E-state index contributed by atoms with van der Waals surface area (Å²) in [6.45, 7) is 7.01. The van der Waals surface area contributed by atoms with E-state index in [4.69, 9.17) is 14.6 Å². The Morgan fingerprint density at radius 1 is 1.77 bits per heavy atom. The third-order valence-electron chi connectivity index (χ3n) is 1.88. The van der Waals surface area contributed by atoms with Crippen molar-refractivity contribution < 1.29 is 19.4 Å². The first kappa shape index (κ1) is 10.2. The second-order valence-corrected chi connectivity index (χ2v) is 3.59. The van der Waals surface area contributed by atoms with E-state index in [2.05, 4.69) is 6.58 Å². The molecule has 0 amide bonds. The lowest BCUT2D eigenvalue weighted by Crippen LogP contribution is -2.32. The molecule has 0 aromatic heterocycles. The Hall–Kier alpha value is -0.870. The first-order valence-electron chi connectivity index (χ1n) is 4.11. The highest BCUT2D eigenvalue weighted by atomic mass is 16.6. The van der Waals surface area contributed by atoms with Crippen LogP contribution in [0, 0.1) is 0 Å². The van der Waals surface area contributed by atoms with Gasteiger partial charge < -0.3 is 14.6 Å². The molecule has 1 fully saturated rings. The summed E-state index contributed by atoms with van der Waals surface area (Å²) >= 11 is 0. The first-order chi connectivity index (χ1) is 5.93. The SMILES string of the molecule is C=C(C)C(=O)OC1(C)COC(O)C1. The van der Waals surface area contributed by atoms with Gasteiger partial charge >= 0.3 is 5.97 Å². The van der Waals surface area contributed by atoms with E-state index in [1.54, 1.807) is 13.8 Å². The molecule has 74 valence electrons. The molecule has 13 heavy (non-hydrogen) atoms. The highest BCUT2D eigenvalue weighted by molar-refractivity contribution is 5.87. The van der Waals surface area contributed by atoms with Gasteiger partial charge in [0.25, 0.3) is 0 Å². The third kappa shape index (κ3) is 2.54. The van der Waals surface area contributed by atoms with Crippen LogP contribution in [0.1, 0.15) is 20.3 Å². The number of rotatable bonds is 2. The summed E-state index contributed by atoms with van der Waals surface area (Å²) in [5.74, 6) is -0.444. The Balaban J connectivity index is 2.53. The van der Waals surface area contributed by atoms with Gasteiger partial charge in [-0.15, -0.1) is 0 Å². The largest absolute Gasteiger partial charge is 0.453 e. The van der Waals surface area contributed by atoms with E-state index in [9.17, 15) is 4.79 Å². The molecule has 0 saturated carbocycles. The second kappa shape index (κ2) is 3.47.